The predicted molar refractivity (Wildman–Crippen MR) is 182 cm³/mol. The van der Waals surface area contributed by atoms with E-state index in [-0.39, 0.29) is 18.3 Å². The second kappa shape index (κ2) is 16.7. The van der Waals surface area contributed by atoms with Crippen LogP contribution in [0.4, 0.5) is 4.39 Å². The summed E-state index contributed by atoms with van der Waals surface area (Å²) in [6, 6.07) is 33.5. The molecule has 0 unspecified atom stereocenters. The third kappa shape index (κ3) is 8.84. The molecule has 0 aliphatic carbocycles. The number of rotatable bonds is 16. The molecule has 0 fully saturated rings. The second-order valence-electron chi connectivity index (χ2n) is 10.8. The molecule has 9 heteroatoms. The van der Waals surface area contributed by atoms with Gasteiger partial charge in [-0.3, -0.25) is 10.2 Å². The van der Waals surface area contributed by atoms with E-state index in [2.05, 4.69) is 10.9 Å². The molecule has 1 amide bonds. The summed E-state index contributed by atoms with van der Waals surface area (Å²) in [5.74, 6) is 1.97. The van der Waals surface area contributed by atoms with E-state index in [0.29, 0.717) is 37.6 Å². The van der Waals surface area contributed by atoms with E-state index in [1.54, 1.807) is 23.9 Å². The molecule has 1 aliphatic rings. The third-order valence-electron chi connectivity index (χ3n) is 7.43. The fourth-order valence-electron chi connectivity index (χ4n) is 5.03. The fraction of sp³-hybridized carbons (Fsp3) is 0.243. The van der Waals surface area contributed by atoms with Gasteiger partial charge in [-0.05, 0) is 53.1 Å². The number of carbonyl (C=O) groups excluding carboxylic acids is 1. The van der Waals surface area contributed by atoms with Crippen molar-refractivity contribution in [2.24, 2.45) is 4.99 Å². The Morgan fingerprint density at radius 3 is 2.41 bits per heavy atom. The first kappa shape index (κ1) is 32.9. The summed E-state index contributed by atoms with van der Waals surface area (Å²) in [5, 5.41) is 9.05. The van der Waals surface area contributed by atoms with Gasteiger partial charge in [0.25, 0.3) is 5.91 Å². The van der Waals surface area contributed by atoms with E-state index in [4.69, 9.17) is 19.6 Å². The van der Waals surface area contributed by atoms with Gasteiger partial charge in [-0.2, -0.15) is 11.8 Å². The second-order valence-corrected chi connectivity index (χ2v) is 11.9. The quantitative estimate of drug-likeness (QED) is 0.0958. The minimum Gasteiger partial charge on any atom is -0.494 e. The van der Waals surface area contributed by atoms with Crippen LogP contribution in [-0.2, 0) is 15.3 Å². The Bertz CT molecular complexity index is 1580. The maximum atomic E-state index is 14.2. The summed E-state index contributed by atoms with van der Waals surface area (Å²) >= 11 is 1.69. The smallest absolute Gasteiger partial charge is 0.266 e. The third-order valence-corrected chi connectivity index (χ3v) is 8.46. The summed E-state index contributed by atoms with van der Waals surface area (Å²) < 4.78 is 25.4. The molecule has 0 aromatic heterocycles. The van der Waals surface area contributed by atoms with Crippen LogP contribution in [0.3, 0.4) is 0 Å². The van der Waals surface area contributed by atoms with Gasteiger partial charge in [-0.1, -0.05) is 84.9 Å². The highest BCUT2D eigenvalue weighted by Gasteiger charge is 2.52. The lowest BCUT2D eigenvalue weighted by Gasteiger charge is -2.29. The van der Waals surface area contributed by atoms with Crippen LogP contribution in [0.25, 0.3) is 6.08 Å². The molecule has 3 N–H and O–H groups in total. The molecule has 0 bridgehead atoms. The van der Waals surface area contributed by atoms with Crippen molar-refractivity contribution in [2.45, 2.75) is 30.2 Å². The zero-order valence-electron chi connectivity index (χ0n) is 25.5. The van der Waals surface area contributed by atoms with Gasteiger partial charge in [0.2, 0.25) is 5.90 Å². The van der Waals surface area contributed by atoms with Crippen molar-refractivity contribution in [3.05, 3.63) is 143 Å². The average Bonchev–Trinajstić information content (AvgIpc) is 3.49. The van der Waals surface area contributed by atoms with E-state index < -0.39 is 11.6 Å². The Balaban J connectivity index is 1.36. The van der Waals surface area contributed by atoms with Gasteiger partial charge in [0.05, 0.1) is 6.61 Å². The van der Waals surface area contributed by atoms with Crippen molar-refractivity contribution in [2.75, 3.05) is 25.5 Å². The standard InChI is InChI=1S/C37H38FN3O4S/c38-32-18-14-29(15-19-32)27-46-26-23-39-41-36(43)37(22-7-11-28-9-3-1-4-10-28)34(30-12-5-2-6-13-30)45-35(40-37)31-16-20-33(21-17-31)44-25-8-24-42/h1-7,9-21,34,39,42H,8,22-27H2,(H,41,43)/b11-7+/t34-,37-/m0/s1. The minimum absolute atomic E-state index is 0.0656. The Morgan fingerprint density at radius 2 is 1.70 bits per heavy atom. The number of hydrogen-bond acceptors (Lipinski definition) is 7. The summed E-state index contributed by atoms with van der Waals surface area (Å²) in [5.41, 5.74) is 8.32. The highest BCUT2D eigenvalue weighted by Crippen LogP contribution is 2.42. The van der Waals surface area contributed by atoms with Crippen molar-refractivity contribution in [1.82, 2.24) is 10.9 Å². The summed E-state index contributed by atoms with van der Waals surface area (Å²) in [6.45, 7) is 1.01. The van der Waals surface area contributed by atoms with Crippen LogP contribution >= 0.6 is 11.8 Å². The highest BCUT2D eigenvalue weighted by molar-refractivity contribution is 7.98. The first-order valence-corrected chi connectivity index (χ1v) is 16.5. The number of halogens is 1. The number of amides is 1. The molecule has 0 saturated heterocycles. The fourth-order valence-corrected chi connectivity index (χ4v) is 5.85. The normalized spacial score (nSPS) is 17.4. The van der Waals surface area contributed by atoms with Gasteiger partial charge in [0.15, 0.2) is 11.6 Å². The predicted octanol–water partition coefficient (Wildman–Crippen LogP) is 6.50. The number of thioether (sulfide) groups is 1. The Hall–Kier alpha value is -4.44. The lowest BCUT2D eigenvalue weighted by atomic mass is 9.84. The summed E-state index contributed by atoms with van der Waals surface area (Å²) in [6.07, 6.45) is 4.12. The Labute approximate surface area is 273 Å². The number of benzene rings is 4. The molecule has 0 spiro atoms. The number of aliphatic imine (C=N–C) groups is 1. The van der Waals surface area contributed by atoms with Gasteiger partial charge >= 0.3 is 0 Å². The lowest BCUT2D eigenvalue weighted by molar-refractivity contribution is -0.129. The van der Waals surface area contributed by atoms with Crippen LogP contribution in [0.5, 0.6) is 5.75 Å². The van der Waals surface area contributed by atoms with Crippen LogP contribution in [0.1, 0.15) is 41.2 Å². The molecule has 1 heterocycles. The van der Waals surface area contributed by atoms with Crippen molar-refractivity contribution in [3.8, 4) is 5.75 Å². The van der Waals surface area contributed by atoms with Gasteiger partial charge < -0.3 is 14.6 Å². The Kier molecular flexibility index (Phi) is 12.0. The molecule has 0 saturated carbocycles. The van der Waals surface area contributed by atoms with E-state index in [9.17, 15) is 9.18 Å². The molecule has 2 atom stereocenters. The molecule has 5 rings (SSSR count). The molecule has 0 radical (unpaired) electrons. The largest absolute Gasteiger partial charge is 0.494 e. The number of nitrogens with zero attached hydrogens (tertiary/aromatic N) is 1. The number of hydrazine groups is 1. The molecule has 46 heavy (non-hydrogen) atoms. The highest BCUT2D eigenvalue weighted by atomic mass is 32.2. The van der Waals surface area contributed by atoms with Crippen molar-refractivity contribution < 1.29 is 23.8 Å². The van der Waals surface area contributed by atoms with Gasteiger partial charge in [0.1, 0.15) is 11.6 Å². The molecule has 238 valence electrons. The molecule has 7 nitrogen and oxygen atoms in total. The van der Waals surface area contributed by atoms with E-state index >= 15 is 0 Å². The van der Waals surface area contributed by atoms with Crippen LogP contribution < -0.4 is 15.6 Å². The van der Waals surface area contributed by atoms with E-state index in [0.717, 1.165) is 33.8 Å². The maximum absolute atomic E-state index is 14.2. The first-order chi connectivity index (χ1) is 22.6. The van der Waals surface area contributed by atoms with Crippen molar-refractivity contribution >= 4 is 29.6 Å². The van der Waals surface area contributed by atoms with Crippen LogP contribution in [0.2, 0.25) is 0 Å². The molecule has 1 aliphatic heterocycles. The zero-order chi connectivity index (χ0) is 32.0. The first-order valence-electron chi connectivity index (χ1n) is 15.3. The average molecular weight is 640 g/mol. The monoisotopic (exact) mass is 639 g/mol. The lowest BCUT2D eigenvalue weighted by Crippen LogP contribution is -2.52. The molecular weight excluding hydrogens is 601 g/mol. The van der Waals surface area contributed by atoms with Crippen LogP contribution in [-0.4, -0.2) is 48.0 Å². The van der Waals surface area contributed by atoms with Gasteiger partial charge in [-0.15, -0.1) is 0 Å². The summed E-state index contributed by atoms with van der Waals surface area (Å²) in [7, 11) is 0. The van der Waals surface area contributed by atoms with Crippen molar-refractivity contribution in [1.29, 1.82) is 0 Å². The summed E-state index contributed by atoms with van der Waals surface area (Å²) in [4.78, 5) is 19.2. The zero-order valence-corrected chi connectivity index (χ0v) is 26.3. The number of carbonyl (C=O) groups is 1. The van der Waals surface area contributed by atoms with E-state index in [1.165, 1.54) is 12.1 Å². The molecule has 4 aromatic rings. The topological polar surface area (TPSA) is 92.2 Å². The number of ether oxygens (including phenoxy) is 2. The maximum Gasteiger partial charge on any atom is 0.266 e. The Morgan fingerprint density at radius 1 is 0.978 bits per heavy atom. The number of aliphatic hydroxyl groups is 1. The number of nitrogens with one attached hydrogen (secondary N) is 2. The number of aliphatic hydroxyl groups excluding tert-OH is 1. The molecular formula is C37H38FN3O4S. The number of hydrogen-bond donors (Lipinski definition) is 3. The SMILES string of the molecule is O=C(NNCCSCc1ccc(F)cc1)[C@@]1(C/C=C/c2ccccc2)N=C(c2ccc(OCCCO)cc2)O[C@H]1c1ccccc1. The van der Waals surface area contributed by atoms with Crippen molar-refractivity contribution in [3.63, 3.8) is 0 Å². The van der Waals surface area contributed by atoms with Crippen LogP contribution in [0, 0.1) is 5.82 Å². The van der Waals surface area contributed by atoms with E-state index in [1.807, 2.05) is 97.1 Å². The molecule has 4 aromatic carbocycles. The van der Waals surface area contributed by atoms with Gasteiger partial charge in [0, 0.05) is 43.1 Å². The van der Waals surface area contributed by atoms with Gasteiger partial charge in [-0.25, -0.2) is 14.8 Å². The van der Waals surface area contributed by atoms with Crippen LogP contribution in [0.15, 0.2) is 120 Å². The minimum atomic E-state index is -1.30.